The average molecular weight is 1180 g/mol. The molecule has 0 aliphatic heterocycles. The number of nitrogens with zero attached hydrogens (tertiary/aromatic N) is 2. The smallest absolute Gasteiger partial charge is 0.0540 e. The number of fused-ring (bicyclic) bond motifs is 4. The highest BCUT2D eigenvalue weighted by Crippen LogP contribution is 2.46. The first-order chi connectivity index (χ1) is 45.6. The third-order valence-corrected chi connectivity index (χ3v) is 17.8. The fraction of sp³-hybridized carbons (Fsp3) is 0. The van der Waals surface area contributed by atoms with Crippen LogP contribution in [-0.4, -0.2) is 0 Å². The molecule has 16 aromatic rings. The first-order valence-electron chi connectivity index (χ1n) is 31.5. The van der Waals surface area contributed by atoms with Crippen molar-refractivity contribution >= 4 is 100.0 Å². The molecular formula is C88H62N4. The average Bonchev–Trinajstić information content (AvgIpc) is 1.12. The van der Waals surface area contributed by atoms with Crippen molar-refractivity contribution in [1.82, 2.24) is 0 Å². The number of rotatable bonds is 15. The van der Waals surface area contributed by atoms with Gasteiger partial charge in [-0.1, -0.05) is 267 Å². The van der Waals surface area contributed by atoms with Gasteiger partial charge in [-0.3, -0.25) is 0 Å². The first kappa shape index (κ1) is 55.1. The Kier molecular flexibility index (Phi) is 14.6. The summed E-state index contributed by atoms with van der Waals surface area (Å²) in [4.78, 5) is 4.81. The highest BCUT2D eigenvalue weighted by atomic mass is 15.2. The number of benzene rings is 16. The van der Waals surface area contributed by atoms with Crippen LogP contribution in [0, 0.1) is 0 Å². The molecule has 16 aromatic carbocycles. The van der Waals surface area contributed by atoms with Crippen molar-refractivity contribution in [3.8, 4) is 55.6 Å². The van der Waals surface area contributed by atoms with Gasteiger partial charge in [0.1, 0.15) is 0 Å². The molecule has 0 fully saturated rings. The quantitative estimate of drug-likeness (QED) is 0.107. The predicted molar refractivity (Wildman–Crippen MR) is 392 cm³/mol. The van der Waals surface area contributed by atoms with Gasteiger partial charge < -0.3 is 20.4 Å². The van der Waals surface area contributed by atoms with E-state index in [1.165, 1.54) is 43.1 Å². The molecule has 0 heterocycles. The van der Waals surface area contributed by atoms with Crippen LogP contribution < -0.4 is 20.4 Å². The standard InChI is InChI=1S/C88H62N4/c1-3-19-69(20-4-1)83-59-73(89-71-47-39-61(40-48-71)63-43-53-75(54-44-63)91(85-35-15-27-65-23-7-11-31-77(65)85)86-36-16-28-66-24-8-12-32-78(66)86)51-57-81(83)82-58-52-74(60-84(82)70-21-5-2-6-22-70)90-72-49-41-62(42-50-72)64-45-55-76(56-46-64)92(87-37-17-29-67-25-9-13-33-79(67)87)88-38-18-30-68-26-10-14-34-80(68)88/h1-60,89-90H. The molecule has 0 amide bonds. The molecule has 0 saturated heterocycles. The lowest BCUT2D eigenvalue weighted by atomic mass is 9.88. The zero-order valence-corrected chi connectivity index (χ0v) is 50.5. The maximum Gasteiger partial charge on any atom is 0.0540 e. The lowest BCUT2D eigenvalue weighted by Gasteiger charge is -2.28. The zero-order valence-electron chi connectivity index (χ0n) is 50.5. The summed E-state index contributed by atoms with van der Waals surface area (Å²) in [5.41, 5.74) is 22.3. The Labute approximate surface area is 536 Å². The lowest BCUT2D eigenvalue weighted by Crippen LogP contribution is -2.11. The fourth-order valence-electron chi connectivity index (χ4n) is 13.3. The molecule has 16 rings (SSSR count). The highest BCUT2D eigenvalue weighted by molar-refractivity contribution is 6.07. The zero-order chi connectivity index (χ0) is 61.2. The third-order valence-electron chi connectivity index (χ3n) is 17.8. The monoisotopic (exact) mass is 1170 g/mol. The van der Waals surface area contributed by atoms with E-state index in [0.29, 0.717) is 0 Å². The topological polar surface area (TPSA) is 30.5 Å². The Morgan fingerprint density at radius 2 is 0.435 bits per heavy atom. The van der Waals surface area contributed by atoms with E-state index in [-0.39, 0.29) is 0 Å². The van der Waals surface area contributed by atoms with Crippen molar-refractivity contribution in [1.29, 1.82) is 0 Å². The van der Waals surface area contributed by atoms with Gasteiger partial charge in [-0.2, -0.15) is 0 Å². The minimum absolute atomic E-state index is 1.01. The molecule has 0 radical (unpaired) electrons. The summed E-state index contributed by atoms with van der Waals surface area (Å²) in [6.45, 7) is 0. The van der Waals surface area contributed by atoms with Gasteiger partial charge in [0, 0.05) is 55.7 Å². The largest absolute Gasteiger partial charge is 0.356 e. The second kappa shape index (κ2) is 24.4. The highest BCUT2D eigenvalue weighted by Gasteiger charge is 2.21. The molecule has 0 bridgehead atoms. The molecule has 4 nitrogen and oxygen atoms in total. The van der Waals surface area contributed by atoms with Crippen LogP contribution in [0.25, 0.3) is 98.7 Å². The molecule has 0 saturated carbocycles. The van der Waals surface area contributed by atoms with Crippen LogP contribution in [0.2, 0.25) is 0 Å². The molecule has 92 heavy (non-hydrogen) atoms. The van der Waals surface area contributed by atoms with Gasteiger partial charge in [-0.15, -0.1) is 0 Å². The molecule has 0 unspecified atom stereocenters. The van der Waals surface area contributed by atoms with E-state index in [2.05, 4.69) is 384 Å². The van der Waals surface area contributed by atoms with E-state index >= 15 is 0 Å². The minimum atomic E-state index is 1.01. The first-order valence-corrected chi connectivity index (χ1v) is 31.5. The third kappa shape index (κ3) is 10.8. The Morgan fingerprint density at radius 1 is 0.174 bits per heavy atom. The molecule has 0 spiro atoms. The van der Waals surface area contributed by atoms with Crippen LogP contribution in [0.3, 0.4) is 0 Å². The van der Waals surface area contributed by atoms with Crippen LogP contribution >= 0.6 is 0 Å². The molecule has 434 valence electrons. The summed E-state index contributed by atoms with van der Waals surface area (Å²) in [5.74, 6) is 0. The predicted octanol–water partition coefficient (Wildman–Crippen LogP) is 25.1. The van der Waals surface area contributed by atoms with E-state index in [9.17, 15) is 0 Å². The Bertz CT molecular complexity index is 4800. The molecule has 0 atom stereocenters. The van der Waals surface area contributed by atoms with Gasteiger partial charge in [-0.05, 0) is 174 Å². The van der Waals surface area contributed by atoms with E-state index in [4.69, 9.17) is 0 Å². The fourth-order valence-corrected chi connectivity index (χ4v) is 13.3. The Balaban J connectivity index is 0.660. The lowest BCUT2D eigenvalue weighted by molar-refractivity contribution is 1.31. The van der Waals surface area contributed by atoms with Crippen molar-refractivity contribution in [3.05, 3.63) is 364 Å². The van der Waals surface area contributed by atoms with Gasteiger partial charge in [0.15, 0.2) is 0 Å². The summed E-state index contributed by atoms with van der Waals surface area (Å²) in [6.07, 6.45) is 0. The van der Waals surface area contributed by atoms with Crippen LogP contribution in [-0.2, 0) is 0 Å². The van der Waals surface area contributed by atoms with Crippen LogP contribution in [0.15, 0.2) is 364 Å². The summed E-state index contributed by atoms with van der Waals surface area (Å²) in [6, 6.07) is 131. The normalized spacial score (nSPS) is 11.3. The maximum atomic E-state index is 3.77. The number of nitrogens with one attached hydrogen (secondary N) is 2. The number of hydrogen-bond acceptors (Lipinski definition) is 4. The van der Waals surface area contributed by atoms with E-state index in [0.717, 1.165) is 113 Å². The van der Waals surface area contributed by atoms with Crippen molar-refractivity contribution in [2.45, 2.75) is 0 Å². The van der Waals surface area contributed by atoms with Gasteiger partial charge in [0.2, 0.25) is 0 Å². The molecule has 4 heteroatoms. The maximum absolute atomic E-state index is 3.77. The van der Waals surface area contributed by atoms with Crippen LogP contribution in [0.1, 0.15) is 0 Å². The van der Waals surface area contributed by atoms with E-state index in [1.807, 2.05) is 0 Å². The number of anilines is 10. The van der Waals surface area contributed by atoms with Crippen molar-refractivity contribution in [2.24, 2.45) is 0 Å². The van der Waals surface area contributed by atoms with Crippen molar-refractivity contribution < 1.29 is 0 Å². The van der Waals surface area contributed by atoms with E-state index in [1.54, 1.807) is 0 Å². The molecular weight excluding hydrogens is 1110 g/mol. The van der Waals surface area contributed by atoms with Gasteiger partial charge in [-0.25, -0.2) is 0 Å². The van der Waals surface area contributed by atoms with Crippen LogP contribution in [0.5, 0.6) is 0 Å². The second-order valence-corrected chi connectivity index (χ2v) is 23.4. The summed E-state index contributed by atoms with van der Waals surface area (Å²) in [5, 5.41) is 17.2. The summed E-state index contributed by atoms with van der Waals surface area (Å²) < 4.78 is 0. The number of hydrogen-bond donors (Lipinski definition) is 2. The van der Waals surface area contributed by atoms with Crippen molar-refractivity contribution in [2.75, 3.05) is 20.4 Å². The van der Waals surface area contributed by atoms with Crippen molar-refractivity contribution in [3.63, 3.8) is 0 Å². The van der Waals surface area contributed by atoms with Crippen LogP contribution in [0.4, 0.5) is 56.9 Å². The summed E-state index contributed by atoms with van der Waals surface area (Å²) >= 11 is 0. The molecule has 0 aliphatic rings. The Morgan fingerprint density at radius 3 is 0.750 bits per heavy atom. The molecule has 0 aliphatic carbocycles. The minimum Gasteiger partial charge on any atom is -0.356 e. The van der Waals surface area contributed by atoms with E-state index < -0.39 is 0 Å². The van der Waals surface area contributed by atoms with Gasteiger partial charge in [0.05, 0.1) is 22.7 Å². The van der Waals surface area contributed by atoms with Gasteiger partial charge >= 0.3 is 0 Å². The second-order valence-electron chi connectivity index (χ2n) is 23.4. The Hall–Kier alpha value is -12.2. The van der Waals surface area contributed by atoms with Gasteiger partial charge in [0.25, 0.3) is 0 Å². The molecule has 2 N–H and O–H groups in total. The summed E-state index contributed by atoms with van der Waals surface area (Å²) in [7, 11) is 0. The SMILES string of the molecule is c1ccc(-c2cc(Nc3ccc(-c4ccc(N(c5cccc6ccccc56)c5cccc6ccccc56)cc4)cc3)ccc2-c2ccc(Nc3ccc(-c4ccc(N(c5cccc6ccccc56)c5cccc6ccccc56)cc4)cc3)cc2-c2ccccc2)cc1. The molecule has 0 aromatic heterocycles.